The fraction of sp³-hybridized carbons (Fsp3) is 0.353. The molecule has 2 aromatic rings. The second-order valence-corrected chi connectivity index (χ2v) is 6.75. The average molecular weight is 330 g/mol. The van der Waals surface area contributed by atoms with Crippen LogP contribution in [0.4, 0.5) is 5.82 Å². The van der Waals surface area contributed by atoms with Crippen molar-refractivity contribution in [3.8, 4) is 0 Å². The van der Waals surface area contributed by atoms with Crippen LogP contribution in [-0.2, 0) is 22.4 Å². The molecule has 2 aromatic heterocycles. The number of anilines is 1. The quantitative estimate of drug-likeness (QED) is 0.875. The third-order valence-corrected chi connectivity index (χ3v) is 4.93. The Hall–Kier alpha value is -2.21. The van der Waals surface area contributed by atoms with Crippen LogP contribution < -0.4 is 5.32 Å². The Morgan fingerprint density at radius 2 is 2.13 bits per heavy atom. The highest BCUT2D eigenvalue weighted by Crippen LogP contribution is 2.29. The number of nitrogens with one attached hydrogen (secondary N) is 1. The molecule has 0 bridgehead atoms. The number of nitrogens with zero attached hydrogens (tertiary/aromatic N) is 1. The summed E-state index contributed by atoms with van der Waals surface area (Å²) in [5, 5.41) is 2.61. The van der Waals surface area contributed by atoms with E-state index in [2.05, 4.69) is 10.3 Å². The number of carbonyl (C=O) groups is 2. The Bertz CT molecular complexity index is 716. The van der Waals surface area contributed by atoms with E-state index in [4.69, 9.17) is 4.74 Å². The summed E-state index contributed by atoms with van der Waals surface area (Å²) in [6, 6.07) is 5.50. The molecule has 1 aliphatic rings. The third kappa shape index (κ3) is 3.96. The SMILES string of the molecule is Cc1ccnc(NC(=O)COC(=O)c2cc3c(s2)CCCC3)c1. The summed E-state index contributed by atoms with van der Waals surface area (Å²) >= 11 is 1.48. The summed E-state index contributed by atoms with van der Waals surface area (Å²) in [5.74, 6) is -0.368. The van der Waals surface area contributed by atoms with Crippen molar-refractivity contribution in [1.29, 1.82) is 0 Å². The smallest absolute Gasteiger partial charge is 0.348 e. The molecule has 1 N–H and O–H groups in total. The lowest BCUT2D eigenvalue weighted by atomic mass is 9.99. The number of pyridine rings is 1. The molecule has 1 amide bonds. The van der Waals surface area contributed by atoms with Crippen LogP contribution in [0.25, 0.3) is 0 Å². The van der Waals surface area contributed by atoms with Gasteiger partial charge in [-0.25, -0.2) is 9.78 Å². The highest BCUT2D eigenvalue weighted by atomic mass is 32.1. The summed E-state index contributed by atoms with van der Waals surface area (Å²) in [5.41, 5.74) is 2.25. The molecule has 120 valence electrons. The van der Waals surface area contributed by atoms with Crippen molar-refractivity contribution in [2.75, 3.05) is 11.9 Å². The van der Waals surface area contributed by atoms with Crippen LogP contribution in [0.3, 0.4) is 0 Å². The van der Waals surface area contributed by atoms with E-state index in [-0.39, 0.29) is 6.61 Å². The molecule has 3 rings (SSSR count). The maximum atomic E-state index is 12.1. The summed E-state index contributed by atoms with van der Waals surface area (Å²) in [4.78, 5) is 29.8. The van der Waals surface area contributed by atoms with Crippen molar-refractivity contribution < 1.29 is 14.3 Å². The van der Waals surface area contributed by atoms with Crippen molar-refractivity contribution in [2.24, 2.45) is 0 Å². The second kappa shape index (κ2) is 6.91. The van der Waals surface area contributed by atoms with Crippen LogP contribution >= 0.6 is 11.3 Å². The lowest BCUT2D eigenvalue weighted by molar-refractivity contribution is -0.119. The van der Waals surface area contributed by atoms with Gasteiger partial charge in [-0.15, -0.1) is 11.3 Å². The number of esters is 1. The lowest BCUT2D eigenvalue weighted by Crippen LogP contribution is -2.21. The molecule has 6 heteroatoms. The predicted molar refractivity (Wildman–Crippen MR) is 88.8 cm³/mol. The van der Waals surface area contributed by atoms with E-state index < -0.39 is 11.9 Å². The summed E-state index contributed by atoms with van der Waals surface area (Å²) in [7, 11) is 0. The van der Waals surface area contributed by atoms with Gasteiger partial charge in [0.15, 0.2) is 6.61 Å². The average Bonchev–Trinajstić information content (AvgIpc) is 2.97. The largest absolute Gasteiger partial charge is 0.451 e. The van der Waals surface area contributed by atoms with Crippen molar-refractivity contribution in [1.82, 2.24) is 4.98 Å². The fourth-order valence-corrected chi connectivity index (χ4v) is 3.72. The molecular formula is C17H18N2O3S. The maximum Gasteiger partial charge on any atom is 0.348 e. The van der Waals surface area contributed by atoms with Crippen LogP contribution in [-0.4, -0.2) is 23.5 Å². The van der Waals surface area contributed by atoms with Crippen molar-refractivity contribution in [3.05, 3.63) is 45.3 Å². The Morgan fingerprint density at radius 3 is 2.91 bits per heavy atom. The van der Waals surface area contributed by atoms with Crippen LogP contribution in [0, 0.1) is 6.92 Å². The molecular weight excluding hydrogens is 312 g/mol. The summed E-state index contributed by atoms with van der Waals surface area (Å²) in [6.07, 6.45) is 6.02. The summed E-state index contributed by atoms with van der Waals surface area (Å²) < 4.78 is 5.10. The minimum Gasteiger partial charge on any atom is -0.451 e. The molecule has 0 aromatic carbocycles. The minimum atomic E-state index is -0.434. The molecule has 0 atom stereocenters. The molecule has 0 aliphatic heterocycles. The van der Waals surface area contributed by atoms with E-state index in [9.17, 15) is 9.59 Å². The Kier molecular flexibility index (Phi) is 4.71. The van der Waals surface area contributed by atoms with Crippen LogP contribution in [0.2, 0.25) is 0 Å². The van der Waals surface area contributed by atoms with Gasteiger partial charge in [0.25, 0.3) is 5.91 Å². The molecule has 2 heterocycles. The normalized spacial score (nSPS) is 13.3. The number of rotatable bonds is 4. The third-order valence-electron chi connectivity index (χ3n) is 3.72. The number of hydrogen-bond donors (Lipinski definition) is 1. The first-order valence-corrected chi connectivity index (χ1v) is 8.44. The highest BCUT2D eigenvalue weighted by molar-refractivity contribution is 7.14. The zero-order valence-electron chi connectivity index (χ0n) is 12.9. The first-order chi connectivity index (χ1) is 11.1. The van der Waals surface area contributed by atoms with E-state index in [1.54, 1.807) is 12.3 Å². The number of carbonyl (C=O) groups excluding carboxylic acids is 2. The molecule has 1 aliphatic carbocycles. The minimum absolute atomic E-state index is 0.309. The molecule has 0 spiro atoms. The predicted octanol–water partition coefficient (Wildman–Crippen LogP) is 3.13. The topological polar surface area (TPSA) is 68.3 Å². The van der Waals surface area contributed by atoms with Gasteiger partial charge in [-0.2, -0.15) is 0 Å². The van der Waals surface area contributed by atoms with Gasteiger partial charge in [-0.1, -0.05) is 0 Å². The van der Waals surface area contributed by atoms with Gasteiger partial charge in [-0.3, -0.25) is 4.79 Å². The molecule has 23 heavy (non-hydrogen) atoms. The second-order valence-electron chi connectivity index (χ2n) is 5.61. The number of fused-ring (bicyclic) bond motifs is 1. The molecule has 0 saturated heterocycles. The number of aryl methyl sites for hydroxylation is 3. The van der Waals surface area contributed by atoms with E-state index in [1.807, 2.05) is 19.1 Å². The maximum absolute atomic E-state index is 12.1. The molecule has 0 fully saturated rings. The molecule has 0 saturated carbocycles. The van der Waals surface area contributed by atoms with Gasteiger partial charge in [0.2, 0.25) is 0 Å². The number of ether oxygens (including phenoxy) is 1. The zero-order chi connectivity index (χ0) is 16.2. The van der Waals surface area contributed by atoms with Crippen molar-refractivity contribution in [2.45, 2.75) is 32.6 Å². The van der Waals surface area contributed by atoms with Gasteiger partial charge >= 0.3 is 5.97 Å². The van der Waals surface area contributed by atoms with E-state index in [0.717, 1.165) is 18.4 Å². The standard InChI is InChI=1S/C17H18N2O3S/c1-11-6-7-18-15(8-11)19-16(20)10-22-17(21)14-9-12-4-2-3-5-13(12)23-14/h6-9H,2-5,10H2,1H3,(H,18,19,20). The van der Waals surface area contributed by atoms with E-state index >= 15 is 0 Å². The van der Waals surface area contributed by atoms with Crippen molar-refractivity contribution in [3.63, 3.8) is 0 Å². The number of aromatic nitrogens is 1. The Labute approximate surface area is 138 Å². The number of amides is 1. The fourth-order valence-electron chi connectivity index (χ4n) is 2.58. The first kappa shape index (κ1) is 15.7. The molecule has 0 radical (unpaired) electrons. The summed E-state index contributed by atoms with van der Waals surface area (Å²) in [6.45, 7) is 1.60. The number of thiophene rings is 1. The van der Waals surface area contributed by atoms with E-state index in [1.165, 1.54) is 34.6 Å². The zero-order valence-corrected chi connectivity index (χ0v) is 13.7. The van der Waals surface area contributed by atoms with Gasteiger partial charge in [0.05, 0.1) is 0 Å². The highest BCUT2D eigenvalue weighted by Gasteiger charge is 2.19. The van der Waals surface area contributed by atoms with Gasteiger partial charge < -0.3 is 10.1 Å². The van der Waals surface area contributed by atoms with Crippen LogP contribution in [0.5, 0.6) is 0 Å². The van der Waals surface area contributed by atoms with Gasteiger partial charge in [-0.05, 0) is 61.9 Å². The molecule has 5 nitrogen and oxygen atoms in total. The van der Waals surface area contributed by atoms with Gasteiger partial charge in [0.1, 0.15) is 10.7 Å². The first-order valence-electron chi connectivity index (χ1n) is 7.63. The van der Waals surface area contributed by atoms with E-state index in [0.29, 0.717) is 10.7 Å². The van der Waals surface area contributed by atoms with Crippen LogP contribution in [0.15, 0.2) is 24.4 Å². The number of hydrogen-bond acceptors (Lipinski definition) is 5. The van der Waals surface area contributed by atoms with Crippen molar-refractivity contribution >= 4 is 29.0 Å². The molecule has 0 unspecified atom stereocenters. The monoisotopic (exact) mass is 330 g/mol. The Morgan fingerprint density at radius 1 is 1.30 bits per heavy atom. The van der Waals surface area contributed by atoms with Gasteiger partial charge in [0, 0.05) is 11.1 Å². The lowest BCUT2D eigenvalue weighted by Gasteiger charge is -2.08. The Balaban J connectivity index is 1.54. The van der Waals surface area contributed by atoms with Crippen LogP contribution in [0.1, 0.15) is 38.5 Å².